The van der Waals surface area contributed by atoms with Gasteiger partial charge in [-0.15, -0.1) is 0 Å². The number of azide groups is 1. The summed E-state index contributed by atoms with van der Waals surface area (Å²) in [6.07, 6.45) is 0. The molecule has 0 N–H and O–H groups in total. The minimum atomic E-state index is -0.142. The van der Waals surface area contributed by atoms with E-state index in [1.54, 1.807) is 11.5 Å². The van der Waals surface area contributed by atoms with Crippen LogP contribution < -0.4 is 5.56 Å². The topological polar surface area (TPSA) is 83.7 Å². The highest BCUT2D eigenvalue weighted by molar-refractivity contribution is 5.74. The first-order valence-electron chi connectivity index (χ1n) is 5.21. The normalized spacial score (nSPS) is 10.2. The SMILES string of the molecule is Cc1nc2ccccc2n(CCN=[N+]=[N-])c1=O. The molecule has 86 valence electrons. The summed E-state index contributed by atoms with van der Waals surface area (Å²) < 4.78 is 1.59. The molecule has 0 bridgehead atoms. The molecule has 0 saturated carbocycles. The Balaban J connectivity index is 2.61. The highest BCUT2D eigenvalue weighted by Gasteiger charge is 2.06. The van der Waals surface area contributed by atoms with Gasteiger partial charge in [0, 0.05) is 18.0 Å². The fourth-order valence-corrected chi connectivity index (χ4v) is 1.73. The number of fused-ring (bicyclic) bond motifs is 1. The molecule has 17 heavy (non-hydrogen) atoms. The van der Waals surface area contributed by atoms with Crippen LogP contribution >= 0.6 is 0 Å². The van der Waals surface area contributed by atoms with Gasteiger partial charge < -0.3 is 4.57 Å². The monoisotopic (exact) mass is 229 g/mol. The van der Waals surface area contributed by atoms with Crippen LogP contribution in [-0.4, -0.2) is 16.1 Å². The van der Waals surface area contributed by atoms with Crippen LogP contribution in [0.25, 0.3) is 21.5 Å². The lowest BCUT2D eigenvalue weighted by Crippen LogP contribution is -2.25. The Morgan fingerprint density at radius 2 is 2.24 bits per heavy atom. The highest BCUT2D eigenvalue weighted by Crippen LogP contribution is 2.09. The lowest BCUT2D eigenvalue weighted by Gasteiger charge is -2.09. The molecule has 2 rings (SSSR count). The highest BCUT2D eigenvalue weighted by atomic mass is 16.1. The fourth-order valence-electron chi connectivity index (χ4n) is 1.73. The third-order valence-corrected chi connectivity index (χ3v) is 2.50. The smallest absolute Gasteiger partial charge is 0.272 e. The van der Waals surface area contributed by atoms with Crippen LogP contribution in [0.5, 0.6) is 0 Å². The number of para-hydroxylation sites is 2. The van der Waals surface area contributed by atoms with Gasteiger partial charge in [-0.3, -0.25) is 4.79 Å². The molecule has 2 aromatic rings. The summed E-state index contributed by atoms with van der Waals surface area (Å²) >= 11 is 0. The molecular formula is C11H11N5O. The van der Waals surface area contributed by atoms with E-state index in [-0.39, 0.29) is 12.1 Å². The fraction of sp³-hybridized carbons (Fsp3) is 0.273. The first kappa shape index (κ1) is 11.2. The number of hydrogen-bond acceptors (Lipinski definition) is 3. The zero-order valence-electron chi connectivity index (χ0n) is 9.37. The van der Waals surface area contributed by atoms with Gasteiger partial charge in [-0.05, 0) is 24.6 Å². The van der Waals surface area contributed by atoms with E-state index in [1.165, 1.54) is 0 Å². The number of aromatic nitrogens is 2. The lowest BCUT2D eigenvalue weighted by atomic mass is 10.3. The van der Waals surface area contributed by atoms with Crippen molar-refractivity contribution in [1.29, 1.82) is 0 Å². The zero-order chi connectivity index (χ0) is 12.3. The molecule has 0 amide bonds. The number of nitrogens with zero attached hydrogens (tertiary/aromatic N) is 5. The van der Waals surface area contributed by atoms with Crippen molar-refractivity contribution in [2.45, 2.75) is 13.5 Å². The Morgan fingerprint density at radius 3 is 3.00 bits per heavy atom. The summed E-state index contributed by atoms with van der Waals surface area (Å²) in [5, 5.41) is 3.45. The van der Waals surface area contributed by atoms with E-state index in [0.717, 1.165) is 11.0 Å². The number of benzene rings is 1. The maximum atomic E-state index is 11.9. The summed E-state index contributed by atoms with van der Waals surface area (Å²) in [5.74, 6) is 0. The number of aryl methyl sites for hydroxylation is 1. The number of rotatable bonds is 3. The van der Waals surface area contributed by atoms with Gasteiger partial charge in [0.05, 0.1) is 11.0 Å². The van der Waals surface area contributed by atoms with Crippen molar-refractivity contribution in [1.82, 2.24) is 9.55 Å². The Hall–Kier alpha value is -2.33. The molecule has 0 spiro atoms. The molecule has 1 aromatic heterocycles. The maximum Gasteiger partial charge on any atom is 0.272 e. The van der Waals surface area contributed by atoms with Crippen LogP contribution in [0.4, 0.5) is 0 Å². The van der Waals surface area contributed by atoms with Crippen LogP contribution in [0.3, 0.4) is 0 Å². The molecule has 0 saturated heterocycles. The second-order valence-electron chi connectivity index (χ2n) is 3.60. The van der Waals surface area contributed by atoms with Crippen molar-refractivity contribution in [3.8, 4) is 0 Å². The minimum Gasteiger partial charge on any atom is -0.305 e. The average molecular weight is 229 g/mol. The Morgan fingerprint density at radius 1 is 1.47 bits per heavy atom. The van der Waals surface area contributed by atoms with Crippen molar-refractivity contribution in [2.75, 3.05) is 6.54 Å². The van der Waals surface area contributed by atoms with E-state index in [9.17, 15) is 4.79 Å². The molecule has 1 aromatic carbocycles. The quantitative estimate of drug-likeness (QED) is 0.458. The predicted octanol–water partition coefficient (Wildman–Crippen LogP) is 2.02. The first-order chi connectivity index (χ1) is 8.24. The third-order valence-electron chi connectivity index (χ3n) is 2.50. The van der Waals surface area contributed by atoms with Crippen molar-refractivity contribution >= 4 is 11.0 Å². The average Bonchev–Trinajstić information content (AvgIpc) is 2.34. The second kappa shape index (κ2) is 4.67. The molecule has 0 aliphatic carbocycles. The molecular weight excluding hydrogens is 218 g/mol. The Kier molecular flexibility index (Phi) is 3.07. The van der Waals surface area contributed by atoms with Crippen molar-refractivity contribution in [3.05, 3.63) is 50.8 Å². The van der Waals surface area contributed by atoms with Gasteiger partial charge in [0.25, 0.3) is 5.56 Å². The molecule has 6 heteroatoms. The minimum absolute atomic E-state index is 0.142. The van der Waals surface area contributed by atoms with Crippen molar-refractivity contribution in [3.63, 3.8) is 0 Å². The van der Waals surface area contributed by atoms with E-state index < -0.39 is 0 Å². The van der Waals surface area contributed by atoms with Gasteiger partial charge in [0.15, 0.2) is 0 Å². The molecule has 0 unspecified atom stereocenters. The standard InChI is InChI=1S/C11H11N5O/c1-8-11(17)16(7-6-13-15-12)10-5-3-2-4-9(10)14-8/h2-5H,6-7H2,1H3. The zero-order valence-corrected chi connectivity index (χ0v) is 9.37. The first-order valence-corrected chi connectivity index (χ1v) is 5.21. The van der Waals surface area contributed by atoms with Crippen LogP contribution in [0.15, 0.2) is 34.2 Å². The van der Waals surface area contributed by atoms with E-state index >= 15 is 0 Å². The van der Waals surface area contributed by atoms with Gasteiger partial charge in [-0.1, -0.05) is 17.2 Å². The van der Waals surface area contributed by atoms with Crippen LogP contribution in [0, 0.1) is 6.92 Å². The van der Waals surface area contributed by atoms with Gasteiger partial charge in [-0.25, -0.2) is 4.98 Å². The molecule has 0 fully saturated rings. The molecule has 0 atom stereocenters. The van der Waals surface area contributed by atoms with Crippen molar-refractivity contribution in [2.24, 2.45) is 5.11 Å². The van der Waals surface area contributed by atoms with E-state index in [1.807, 2.05) is 24.3 Å². The maximum absolute atomic E-state index is 11.9. The Bertz CT molecular complexity index is 654. The van der Waals surface area contributed by atoms with Crippen LogP contribution in [0.2, 0.25) is 0 Å². The predicted molar refractivity (Wildman–Crippen MR) is 64.8 cm³/mol. The molecule has 1 heterocycles. The summed E-state index contributed by atoms with van der Waals surface area (Å²) in [4.78, 5) is 18.8. The van der Waals surface area contributed by atoms with Gasteiger partial charge in [0.2, 0.25) is 0 Å². The molecule has 0 radical (unpaired) electrons. The van der Waals surface area contributed by atoms with Gasteiger partial charge in [-0.2, -0.15) is 0 Å². The Labute approximate surface area is 97.2 Å². The van der Waals surface area contributed by atoms with Crippen molar-refractivity contribution < 1.29 is 0 Å². The largest absolute Gasteiger partial charge is 0.305 e. The summed E-state index contributed by atoms with van der Waals surface area (Å²) in [5.41, 5.74) is 10.1. The van der Waals surface area contributed by atoms with Gasteiger partial charge >= 0.3 is 0 Å². The summed E-state index contributed by atoms with van der Waals surface area (Å²) in [6.45, 7) is 2.30. The van der Waals surface area contributed by atoms with Crippen LogP contribution in [-0.2, 0) is 6.54 Å². The van der Waals surface area contributed by atoms with E-state index in [4.69, 9.17) is 5.53 Å². The lowest BCUT2D eigenvalue weighted by molar-refractivity contribution is 0.694. The van der Waals surface area contributed by atoms with Crippen LogP contribution in [0.1, 0.15) is 5.69 Å². The molecule has 6 nitrogen and oxygen atoms in total. The molecule has 0 aliphatic heterocycles. The summed E-state index contributed by atoms with van der Waals surface area (Å²) in [7, 11) is 0. The van der Waals surface area contributed by atoms with E-state index in [0.29, 0.717) is 12.2 Å². The van der Waals surface area contributed by atoms with Gasteiger partial charge in [0.1, 0.15) is 5.69 Å². The third kappa shape index (κ3) is 2.11. The second-order valence-corrected chi connectivity index (χ2v) is 3.60. The van der Waals surface area contributed by atoms with E-state index in [2.05, 4.69) is 15.0 Å². The molecule has 0 aliphatic rings. The summed E-state index contributed by atoms with van der Waals surface area (Å²) in [6, 6.07) is 7.41. The number of hydrogen-bond donors (Lipinski definition) is 0.